The lowest BCUT2D eigenvalue weighted by Crippen LogP contribution is -2.00. The standard InChI is InChI=1S/C14H11N5O3/c1-20-12-4-10(5-13-14(12)22-8-21-13)19-11(7-17-18-19)9-2-3-15-16-6-9/h2-7H,8H2,1H3. The highest BCUT2D eigenvalue weighted by molar-refractivity contribution is 5.63. The van der Waals surface area contributed by atoms with Gasteiger partial charge in [-0.05, 0) is 6.07 Å². The smallest absolute Gasteiger partial charge is 0.231 e. The molecule has 0 fully saturated rings. The Morgan fingerprint density at radius 1 is 1.14 bits per heavy atom. The van der Waals surface area contributed by atoms with E-state index in [1.165, 1.54) is 0 Å². The highest BCUT2D eigenvalue weighted by atomic mass is 16.7. The molecule has 3 aromatic rings. The molecule has 0 unspecified atom stereocenters. The van der Waals surface area contributed by atoms with Crippen molar-refractivity contribution in [1.29, 1.82) is 0 Å². The van der Waals surface area contributed by atoms with Crippen LogP contribution >= 0.6 is 0 Å². The Labute approximate surface area is 125 Å². The molecule has 3 heterocycles. The summed E-state index contributed by atoms with van der Waals surface area (Å²) >= 11 is 0. The largest absolute Gasteiger partial charge is 0.493 e. The van der Waals surface area contributed by atoms with Crippen molar-refractivity contribution in [3.8, 4) is 34.2 Å². The Bertz CT molecular complexity index is 819. The molecule has 8 nitrogen and oxygen atoms in total. The number of fused-ring (bicyclic) bond motifs is 1. The minimum Gasteiger partial charge on any atom is -0.493 e. The summed E-state index contributed by atoms with van der Waals surface area (Å²) in [5.41, 5.74) is 2.40. The van der Waals surface area contributed by atoms with Gasteiger partial charge in [-0.1, -0.05) is 5.21 Å². The van der Waals surface area contributed by atoms with Gasteiger partial charge in [0.05, 0.1) is 37.1 Å². The van der Waals surface area contributed by atoms with E-state index in [4.69, 9.17) is 14.2 Å². The van der Waals surface area contributed by atoms with Crippen LogP contribution in [0.2, 0.25) is 0 Å². The zero-order valence-electron chi connectivity index (χ0n) is 11.6. The molecule has 110 valence electrons. The van der Waals surface area contributed by atoms with Gasteiger partial charge in [0.2, 0.25) is 12.5 Å². The Morgan fingerprint density at radius 2 is 2.09 bits per heavy atom. The van der Waals surface area contributed by atoms with Crippen molar-refractivity contribution in [3.63, 3.8) is 0 Å². The number of methoxy groups -OCH3 is 1. The van der Waals surface area contributed by atoms with Crippen LogP contribution in [-0.4, -0.2) is 39.1 Å². The first kappa shape index (κ1) is 12.6. The van der Waals surface area contributed by atoms with Crippen LogP contribution in [0.25, 0.3) is 16.9 Å². The van der Waals surface area contributed by atoms with Gasteiger partial charge >= 0.3 is 0 Å². The quantitative estimate of drug-likeness (QED) is 0.723. The summed E-state index contributed by atoms with van der Waals surface area (Å²) < 4.78 is 17.9. The Morgan fingerprint density at radius 3 is 2.91 bits per heavy atom. The molecule has 8 heteroatoms. The van der Waals surface area contributed by atoms with Gasteiger partial charge in [0.25, 0.3) is 0 Å². The molecule has 0 bridgehead atoms. The second kappa shape index (κ2) is 4.99. The number of ether oxygens (including phenoxy) is 3. The van der Waals surface area contributed by atoms with Crippen LogP contribution in [0.4, 0.5) is 0 Å². The third-order valence-electron chi connectivity index (χ3n) is 3.32. The molecule has 0 N–H and O–H groups in total. The van der Waals surface area contributed by atoms with Gasteiger partial charge in [0.1, 0.15) is 0 Å². The van der Waals surface area contributed by atoms with E-state index >= 15 is 0 Å². The van der Waals surface area contributed by atoms with Gasteiger partial charge in [0.15, 0.2) is 11.5 Å². The summed E-state index contributed by atoms with van der Waals surface area (Å²) in [6, 6.07) is 5.49. The summed E-state index contributed by atoms with van der Waals surface area (Å²) in [5, 5.41) is 15.8. The lowest BCUT2D eigenvalue weighted by molar-refractivity contribution is 0.171. The van der Waals surface area contributed by atoms with E-state index in [0.717, 1.165) is 16.9 Å². The first-order valence-corrected chi connectivity index (χ1v) is 6.52. The molecule has 1 aromatic carbocycles. The van der Waals surface area contributed by atoms with Crippen LogP contribution in [0, 0.1) is 0 Å². The van der Waals surface area contributed by atoms with Gasteiger partial charge in [0, 0.05) is 17.7 Å². The number of aromatic nitrogens is 5. The predicted molar refractivity (Wildman–Crippen MR) is 75.1 cm³/mol. The Balaban J connectivity index is 1.86. The highest BCUT2D eigenvalue weighted by Gasteiger charge is 2.22. The van der Waals surface area contributed by atoms with Crippen molar-refractivity contribution < 1.29 is 14.2 Å². The molecule has 0 amide bonds. The van der Waals surface area contributed by atoms with Crippen molar-refractivity contribution in [3.05, 3.63) is 36.8 Å². The predicted octanol–water partition coefficient (Wildman–Crippen LogP) is 1.46. The van der Waals surface area contributed by atoms with Crippen molar-refractivity contribution in [2.24, 2.45) is 0 Å². The molecule has 0 aliphatic carbocycles. The molecule has 0 saturated heterocycles. The molecule has 4 rings (SSSR count). The SMILES string of the molecule is COc1cc(-n2nncc2-c2ccnnc2)cc2c1OCO2. The van der Waals surface area contributed by atoms with Gasteiger partial charge < -0.3 is 14.2 Å². The molecule has 0 spiro atoms. The van der Waals surface area contributed by atoms with Crippen molar-refractivity contribution in [2.75, 3.05) is 13.9 Å². The molecule has 22 heavy (non-hydrogen) atoms. The average molecular weight is 297 g/mol. The minimum absolute atomic E-state index is 0.174. The lowest BCUT2D eigenvalue weighted by Gasteiger charge is -2.10. The third-order valence-corrected chi connectivity index (χ3v) is 3.32. The summed E-state index contributed by atoms with van der Waals surface area (Å²) in [7, 11) is 1.58. The number of nitrogens with zero attached hydrogens (tertiary/aromatic N) is 5. The topological polar surface area (TPSA) is 84.2 Å². The van der Waals surface area contributed by atoms with Crippen molar-refractivity contribution in [2.45, 2.75) is 0 Å². The third kappa shape index (κ3) is 1.93. The molecular formula is C14H11N5O3. The molecule has 1 aliphatic rings. The summed E-state index contributed by atoms with van der Waals surface area (Å²) in [6.07, 6.45) is 4.93. The fraction of sp³-hybridized carbons (Fsp3) is 0.143. The van der Waals surface area contributed by atoms with E-state index in [1.54, 1.807) is 30.4 Å². The zero-order chi connectivity index (χ0) is 14.9. The average Bonchev–Trinajstić information content (AvgIpc) is 3.23. The second-order valence-electron chi connectivity index (χ2n) is 4.54. The molecular weight excluding hydrogens is 286 g/mol. The van der Waals surface area contributed by atoms with Crippen LogP contribution in [-0.2, 0) is 0 Å². The maximum absolute atomic E-state index is 5.44. The van der Waals surface area contributed by atoms with Crippen LogP contribution < -0.4 is 14.2 Å². The molecule has 0 saturated carbocycles. The highest BCUT2D eigenvalue weighted by Crippen LogP contribution is 2.43. The van der Waals surface area contributed by atoms with Crippen LogP contribution in [0.15, 0.2) is 36.8 Å². The first-order valence-electron chi connectivity index (χ1n) is 6.52. The number of rotatable bonds is 3. The molecule has 2 aromatic heterocycles. The van der Waals surface area contributed by atoms with E-state index < -0.39 is 0 Å². The zero-order valence-corrected chi connectivity index (χ0v) is 11.6. The van der Waals surface area contributed by atoms with E-state index in [2.05, 4.69) is 20.5 Å². The molecule has 0 radical (unpaired) electrons. The fourth-order valence-corrected chi connectivity index (χ4v) is 2.30. The first-order chi connectivity index (χ1) is 10.9. The van der Waals surface area contributed by atoms with E-state index in [1.807, 2.05) is 18.2 Å². The van der Waals surface area contributed by atoms with Gasteiger partial charge in [-0.2, -0.15) is 10.2 Å². The summed E-state index contributed by atoms with van der Waals surface area (Å²) in [5.74, 6) is 1.79. The van der Waals surface area contributed by atoms with Crippen LogP contribution in [0.1, 0.15) is 0 Å². The van der Waals surface area contributed by atoms with E-state index in [-0.39, 0.29) is 6.79 Å². The number of hydrogen-bond donors (Lipinski definition) is 0. The fourth-order valence-electron chi connectivity index (χ4n) is 2.30. The number of hydrogen-bond acceptors (Lipinski definition) is 7. The summed E-state index contributed by atoms with van der Waals surface area (Å²) in [4.78, 5) is 0. The van der Waals surface area contributed by atoms with Gasteiger partial charge in [-0.25, -0.2) is 4.68 Å². The second-order valence-corrected chi connectivity index (χ2v) is 4.54. The van der Waals surface area contributed by atoms with Crippen LogP contribution in [0.5, 0.6) is 17.2 Å². The minimum atomic E-state index is 0.174. The van der Waals surface area contributed by atoms with E-state index in [9.17, 15) is 0 Å². The summed E-state index contributed by atoms with van der Waals surface area (Å²) in [6.45, 7) is 0.174. The molecule has 1 aliphatic heterocycles. The maximum atomic E-state index is 5.44. The van der Waals surface area contributed by atoms with Crippen molar-refractivity contribution >= 4 is 0 Å². The number of benzene rings is 1. The van der Waals surface area contributed by atoms with Crippen molar-refractivity contribution in [1.82, 2.24) is 25.2 Å². The van der Waals surface area contributed by atoms with E-state index in [0.29, 0.717) is 17.2 Å². The molecule has 0 atom stereocenters. The van der Waals surface area contributed by atoms with Gasteiger partial charge in [-0.3, -0.25) is 0 Å². The van der Waals surface area contributed by atoms with Crippen LogP contribution in [0.3, 0.4) is 0 Å². The van der Waals surface area contributed by atoms with Gasteiger partial charge in [-0.15, -0.1) is 5.10 Å². The normalized spacial score (nSPS) is 12.4. The Hall–Kier alpha value is -3.16. The maximum Gasteiger partial charge on any atom is 0.231 e. The lowest BCUT2D eigenvalue weighted by atomic mass is 10.2. The Kier molecular flexibility index (Phi) is 2.85. The monoisotopic (exact) mass is 297 g/mol.